The molecule has 0 saturated carbocycles. The zero-order valence-corrected chi connectivity index (χ0v) is 14.7. The second kappa shape index (κ2) is 7.61. The summed E-state index contributed by atoms with van der Waals surface area (Å²) < 4.78 is 1.21. The number of benzene rings is 1. The Kier molecular flexibility index (Phi) is 5.81. The van der Waals surface area contributed by atoms with Crippen molar-refractivity contribution in [3.05, 3.63) is 75.8 Å². The van der Waals surface area contributed by atoms with Gasteiger partial charge in [-0.2, -0.15) is 0 Å². The molecule has 0 aliphatic heterocycles. The summed E-state index contributed by atoms with van der Waals surface area (Å²) in [4.78, 5) is 0. The van der Waals surface area contributed by atoms with Crippen molar-refractivity contribution in [1.82, 2.24) is 0 Å². The lowest BCUT2D eigenvalue weighted by Crippen LogP contribution is -2.00. The Morgan fingerprint density at radius 1 is 1.33 bits per heavy atom. The molecule has 0 N–H and O–H groups in total. The lowest BCUT2D eigenvalue weighted by atomic mass is 9.88. The second-order valence-electron chi connectivity index (χ2n) is 5.40. The Balaban J connectivity index is 2.47. The Morgan fingerprint density at radius 2 is 2.14 bits per heavy atom. The molecule has 0 spiro atoms. The standard InChI is InChI=1S/C20H23Br/c1-4-6-10-16(5-2)19-13-18(14-20(21)15(19)3)17-11-8-7-9-12-17/h4,6-11,13-14,17H,5,12H2,1-3H3/b6-4-,16-10?. The summed E-state index contributed by atoms with van der Waals surface area (Å²) in [5, 5.41) is 0. The highest BCUT2D eigenvalue weighted by molar-refractivity contribution is 9.10. The van der Waals surface area contributed by atoms with Gasteiger partial charge < -0.3 is 0 Å². The van der Waals surface area contributed by atoms with Gasteiger partial charge in [-0.05, 0) is 55.0 Å². The largest absolute Gasteiger partial charge is 0.0877 e. The van der Waals surface area contributed by atoms with Crippen molar-refractivity contribution in [2.45, 2.75) is 39.5 Å². The van der Waals surface area contributed by atoms with Gasteiger partial charge in [0.25, 0.3) is 0 Å². The van der Waals surface area contributed by atoms with Gasteiger partial charge >= 0.3 is 0 Å². The number of allylic oxidation sites excluding steroid dienone is 8. The summed E-state index contributed by atoms with van der Waals surface area (Å²) >= 11 is 3.74. The molecule has 1 aromatic carbocycles. The van der Waals surface area contributed by atoms with Crippen LogP contribution in [0.3, 0.4) is 0 Å². The van der Waals surface area contributed by atoms with Crippen LogP contribution in [0.2, 0.25) is 0 Å². The Morgan fingerprint density at radius 3 is 2.76 bits per heavy atom. The third kappa shape index (κ3) is 3.85. The highest BCUT2D eigenvalue weighted by Gasteiger charge is 2.14. The average molecular weight is 343 g/mol. The van der Waals surface area contributed by atoms with Crippen LogP contribution in [-0.2, 0) is 0 Å². The first kappa shape index (κ1) is 16.0. The molecule has 2 rings (SSSR count). The van der Waals surface area contributed by atoms with Crippen molar-refractivity contribution in [3.8, 4) is 0 Å². The molecule has 1 aliphatic carbocycles. The van der Waals surface area contributed by atoms with E-state index in [9.17, 15) is 0 Å². The monoisotopic (exact) mass is 342 g/mol. The van der Waals surface area contributed by atoms with Crippen molar-refractivity contribution >= 4 is 21.5 Å². The molecule has 0 amide bonds. The SMILES string of the molecule is C/C=C\C=C(CC)c1cc(C2C=CC=CC2)cc(Br)c1C. The summed E-state index contributed by atoms with van der Waals surface area (Å²) in [6, 6.07) is 4.64. The number of hydrogen-bond acceptors (Lipinski definition) is 0. The van der Waals surface area contributed by atoms with E-state index in [1.807, 2.05) is 0 Å². The fraction of sp³-hybridized carbons (Fsp3) is 0.300. The third-order valence-corrected chi connectivity index (χ3v) is 4.82. The molecule has 21 heavy (non-hydrogen) atoms. The molecular weight excluding hydrogens is 320 g/mol. The van der Waals surface area contributed by atoms with Crippen LogP contribution >= 0.6 is 15.9 Å². The minimum atomic E-state index is 0.491. The molecule has 0 radical (unpaired) electrons. The van der Waals surface area contributed by atoms with Gasteiger partial charge in [0.15, 0.2) is 0 Å². The molecule has 0 saturated heterocycles. The van der Waals surface area contributed by atoms with E-state index in [0.29, 0.717) is 5.92 Å². The highest BCUT2D eigenvalue weighted by atomic mass is 79.9. The molecule has 110 valence electrons. The third-order valence-electron chi connectivity index (χ3n) is 3.99. The van der Waals surface area contributed by atoms with E-state index in [1.54, 1.807) is 0 Å². The van der Waals surface area contributed by atoms with E-state index < -0.39 is 0 Å². The Labute approximate surface area is 137 Å². The molecule has 1 atom stereocenters. The van der Waals surface area contributed by atoms with Crippen molar-refractivity contribution in [2.24, 2.45) is 0 Å². The summed E-state index contributed by atoms with van der Waals surface area (Å²) in [6.07, 6.45) is 17.4. The van der Waals surface area contributed by atoms with Crippen LogP contribution in [0.25, 0.3) is 5.57 Å². The van der Waals surface area contributed by atoms with Crippen LogP contribution < -0.4 is 0 Å². The average Bonchev–Trinajstić information content (AvgIpc) is 2.52. The van der Waals surface area contributed by atoms with Gasteiger partial charge in [0.05, 0.1) is 0 Å². The van der Waals surface area contributed by atoms with Crippen LogP contribution in [0.5, 0.6) is 0 Å². The molecule has 1 aliphatic rings. The van der Waals surface area contributed by atoms with Gasteiger partial charge in [-0.3, -0.25) is 0 Å². The first-order valence-electron chi connectivity index (χ1n) is 7.63. The zero-order valence-electron chi connectivity index (χ0n) is 13.1. The molecule has 0 bridgehead atoms. The molecule has 0 aromatic heterocycles. The van der Waals surface area contributed by atoms with Gasteiger partial charge in [-0.15, -0.1) is 0 Å². The lowest BCUT2D eigenvalue weighted by molar-refractivity contribution is 0.851. The number of halogens is 1. The van der Waals surface area contributed by atoms with Gasteiger partial charge in [0.1, 0.15) is 0 Å². The normalized spacial score (nSPS) is 18.7. The predicted octanol–water partition coefficient (Wildman–Crippen LogP) is 6.73. The zero-order chi connectivity index (χ0) is 15.2. The van der Waals surface area contributed by atoms with E-state index in [2.05, 4.69) is 91.4 Å². The first-order valence-corrected chi connectivity index (χ1v) is 8.42. The van der Waals surface area contributed by atoms with E-state index in [-0.39, 0.29) is 0 Å². The molecule has 0 heterocycles. The fourth-order valence-electron chi connectivity index (χ4n) is 2.69. The van der Waals surface area contributed by atoms with E-state index in [0.717, 1.165) is 12.8 Å². The van der Waals surface area contributed by atoms with Crippen molar-refractivity contribution in [3.63, 3.8) is 0 Å². The maximum absolute atomic E-state index is 3.74. The maximum Gasteiger partial charge on any atom is 0.0213 e. The Bertz CT molecular complexity index is 615. The van der Waals surface area contributed by atoms with Gasteiger partial charge in [0.2, 0.25) is 0 Å². The van der Waals surface area contributed by atoms with E-state index in [1.165, 1.54) is 26.7 Å². The van der Waals surface area contributed by atoms with Crippen LogP contribution in [-0.4, -0.2) is 0 Å². The number of rotatable bonds is 4. The minimum Gasteiger partial charge on any atom is -0.0877 e. The van der Waals surface area contributed by atoms with Crippen molar-refractivity contribution in [1.29, 1.82) is 0 Å². The number of hydrogen-bond donors (Lipinski definition) is 0. The molecule has 1 heteroatoms. The summed E-state index contributed by atoms with van der Waals surface area (Å²) in [5.74, 6) is 0.491. The van der Waals surface area contributed by atoms with Gasteiger partial charge in [-0.25, -0.2) is 0 Å². The fourth-order valence-corrected chi connectivity index (χ4v) is 3.16. The van der Waals surface area contributed by atoms with E-state index >= 15 is 0 Å². The lowest BCUT2D eigenvalue weighted by Gasteiger charge is -2.18. The quantitative estimate of drug-likeness (QED) is 0.532. The minimum absolute atomic E-state index is 0.491. The predicted molar refractivity (Wildman–Crippen MR) is 97.6 cm³/mol. The maximum atomic E-state index is 3.74. The molecule has 1 aromatic rings. The summed E-state index contributed by atoms with van der Waals surface area (Å²) in [5.41, 5.74) is 5.47. The van der Waals surface area contributed by atoms with E-state index in [4.69, 9.17) is 0 Å². The molecular formula is C20H23Br. The molecule has 0 nitrogen and oxygen atoms in total. The van der Waals surface area contributed by atoms with Gasteiger partial charge in [-0.1, -0.05) is 71.5 Å². The first-order chi connectivity index (χ1) is 10.2. The van der Waals surface area contributed by atoms with Crippen molar-refractivity contribution < 1.29 is 0 Å². The second-order valence-corrected chi connectivity index (χ2v) is 6.26. The molecule has 0 fully saturated rings. The van der Waals surface area contributed by atoms with Crippen LogP contribution in [0.15, 0.2) is 59.1 Å². The smallest absolute Gasteiger partial charge is 0.0213 e. The topological polar surface area (TPSA) is 0 Å². The molecule has 1 unspecified atom stereocenters. The van der Waals surface area contributed by atoms with Crippen LogP contribution in [0.1, 0.15) is 49.3 Å². The van der Waals surface area contributed by atoms with Gasteiger partial charge in [0, 0.05) is 10.4 Å². The Hall–Kier alpha value is -1.34. The summed E-state index contributed by atoms with van der Waals surface area (Å²) in [7, 11) is 0. The van der Waals surface area contributed by atoms with Crippen LogP contribution in [0.4, 0.5) is 0 Å². The van der Waals surface area contributed by atoms with Crippen LogP contribution in [0, 0.1) is 6.92 Å². The van der Waals surface area contributed by atoms with Crippen molar-refractivity contribution in [2.75, 3.05) is 0 Å². The highest BCUT2D eigenvalue weighted by Crippen LogP contribution is 2.34. The summed E-state index contributed by atoms with van der Waals surface area (Å²) in [6.45, 7) is 6.47.